The van der Waals surface area contributed by atoms with Crippen LogP contribution in [0.15, 0.2) is 67.0 Å². The molecule has 2 aromatic carbocycles. The standard InChI is InChI=1S/C27H25FN4O2/c1-17-14-20(16-32(2)15-17)25-24(19-8-11-21(28)12-9-19)31-27(29)26(30-25)22(33)13-10-18-6-4-5-7-23(18)34-3/h4-9,11-12,14-16H,10,13H2,1-3H3,(H-,29,31,33)/p+1. The van der Waals surface area contributed by atoms with Crippen LogP contribution in [-0.2, 0) is 13.5 Å². The molecule has 0 aliphatic heterocycles. The van der Waals surface area contributed by atoms with Crippen molar-refractivity contribution in [3.8, 4) is 28.3 Å². The topological polar surface area (TPSA) is 82.0 Å². The maximum absolute atomic E-state index is 13.5. The molecule has 2 heterocycles. The molecular weight excluding hydrogens is 431 g/mol. The number of para-hydroxylation sites is 1. The van der Waals surface area contributed by atoms with Gasteiger partial charge in [0, 0.05) is 17.5 Å². The summed E-state index contributed by atoms with van der Waals surface area (Å²) in [6, 6.07) is 15.5. The summed E-state index contributed by atoms with van der Waals surface area (Å²) >= 11 is 0. The van der Waals surface area contributed by atoms with Gasteiger partial charge in [-0.1, -0.05) is 18.2 Å². The highest BCUT2D eigenvalue weighted by Crippen LogP contribution is 2.31. The van der Waals surface area contributed by atoms with E-state index in [0.29, 0.717) is 23.4 Å². The highest BCUT2D eigenvalue weighted by Gasteiger charge is 2.21. The van der Waals surface area contributed by atoms with Gasteiger partial charge in [0.2, 0.25) is 0 Å². The summed E-state index contributed by atoms with van der Waals surface area (Å²) in [6.07, 6.45) is 4.57. The minimum atomic E-state index is -0.351. The normalized spacial score (nSPS) is 10.8. The Morgan fingerprint density at radius 1 is 1.03 bits per heavy atom. The molecule has 0 saturated heterocycles. The number of carbonyl (C=O) groups is 1. The molecule has 0 atom stereocenters. The number of nitrogens with two attached hydrogens (primary N) is 1. The Bertz CT molecular complexity index is 1330. The molecular formula is C27H26FN4O2+. The number of methoxy groups -OCH3 is 1. The maximum Gasteiger partial charge on any atom is 0.185 e. The minimum absolute atomic E-state index is 0.0464. The van der Waals surface area contributed by atoms with E-state index in [9.17, 15) is 9.18 Å². The number of aryl methyl sites for hydroxylation is 3. The fourth-order valence-corrected chi connectivity index (χ4v) is 3.97. The summed E-state index contributed by atoms with van der Waals surface area (Å²) in [4.78, 5) is 22.4. The third kappa shape index (κ3) is 4.93. The molecule has 0 fully saturated rings. The average molecular weight is 458 g/mol. The number of Topliss-reactive ketones (excluding diaryl/α,β-unsaturated/α-hetero) is 1. The van der Waals surface area contributed by atoms with Gasteiger partial charge in [-0.15, -0.1) is 0 Å². The van der Waals surface area contributed by atoms with Crippen LogP contribution in [0.3, 0.4) is 0 Å². The number of anilines is 1. The molecule has 0 amide bonds. The first-order chi connectivity index (χ1) is 16.4. The van der Waals surface area contributed by atoms with Gasteiger partial charge in [0.1, 0.15) is 30.0 Å². The highest BCUT2D eigenvalue weighted by atomic mass is 19.1. The number of nitrogens with zero attached hydrogens (tertiary/aromatic N) is 3. The summed E-state index contributed by atoms with van der Waals surface area (Å²) in [5, 5.41) is 0. The van der Waals surface area contributed by atoms with E-state index in [1.807, 2.05) is 61.3 Å². The number of ketones is 1. The number of pyridine rings is 1. The fourth-order valence-electron chi connectivity index (χ4n) is 3.97. The van der Waals surface area contributed by atoms with Gasteiger partial charge in [0.25, 0.3) is 0 Å². The molecule has 7 heteroatoms. The maximum atomic E-state index is 13.5. The molecule has 0 spiro atoms. The molecule has 2 N–H and O–H groups in total. The summed E-state index contributed by atoms with van der Waals surface area (Å²) in [7, 11) is 3.52. The molecule has 0 bridgehead atoms. The predicted octanol–water partition coefficient (Wildman–Crippen LogP) is 4.49. The molecule has 34 heavy (non-hydrogen) atoms. The van der Waals surface area contributed by atoms with Crippen LogP contribution < -0.4 is 15.0 Å². The van der Waals surface area contributed by atoms with Crippen molar-refractivity contribution in [1.82, 2.24) is 9.97 Å². The van der Waals surface area contributed by atoms with Gasteiger partial charge in [-0.05, 0) is 55.3 Å². The molecule has 0 unspecified atom stereocenters. The lowest BCUT2D eigenvalue weighted by Gasteiger charge is -2.13. The molecule has 0 aliphatic rings. The number of nitrogen functional groups attached to an aromatic ring is 1. The van der Waals surface area contributed by atoms with E-state index >= 15 is 0 Å². The van der Waals surface area contributed by atoms with E-state index < -0.39 is 0 Å². The Hall–Kier alpha value is -4.13. The molecule has 0 aliphatic carbocycles. The third-order valence-electron chi connectivity index (χ3n) is 5.53. The zero-order valence-corrected chi connectivity index (χ0v) is 19.4. The van der Waals surface area contributed by atoms with Gasteiger partial charge in [-0.25, -0.2) is 18.9 Å². The Morgan fingerprint density at radius 2 is 1.74 bits per heavy atom. The van der Waals surface area contributed by atoms with Crippen LogP contribution in [-0.4, -0.2) is 22.9 Å². The van der Waals surface area contributed by atoms with Crippen LogP contribution in [0.25, 0.3) is 22.5 Å². The second kappa shape index (κ2) is 9.79. The number of hydrogen-bond donors (Lipinski definition) is 1. The van der Waals surface area contributed by atoms with Gasteiger partial charge < -0.3 is 10.5 Å². The van der Waals surface area contributed by atoms with E-state index in [1.165, 1.54) is 12.1 Å². The van der Waals surface area contributed by atoms with Gasteiger partial charge in [0.05, 0.1) is 18.4 Å². The molecule has 4 aromatic rings. The summed E-state index contributed by atoms with van der Waals surface area (Å²) in [6.45, 7) is 1.98. The van der Waals surface area contributed by atoms with Crippen LogP contribution in [0, 0.1) is 12.7 Å². The average Bonchev–Trinajstić information content (AvgIpc) is 2.82. The Morgan fingerprint density at radius 3 is 2.44 bits per heavy atom. The van der Waals surface area contributed by atoms with Crippen molar-refractivity contribution in [2.75, 3.05) is 12.8 Å². The monoisotopic (exact) mass is 457 g/mol. The fraction of sp³-hybridized carbons (Fsp3) is 0.185. The minimum Gasteiger partial charge on any atom is -0.496 e. The summed E-state index contributed by atoms with van der Waals surface area (Å²) < 4.78 is 20.8. The van der Waals surface area contributed by atoms with Crippen molar-refractivity contribution in [2.24, 2.45) is 7.05 Å². The van der Waals surface area contributed by atoms with Gasteiger partial charge >= 0.3 is 0 Å². The van der Waals surface area contributed by atoms with E-state index in [1.54, 1.807) is 19.2 Å². The van der Waals surface area contributed by atoms with Crippen LogP contribution in [0.2, 0.25) is 0 Å². The van der Waals surface area contributed by atoms with E-state index in [4.69, 9.17) is 15.5 Å². The number of ether oxygens (including phenoxy) is 1. The molecule has 6 nitrogen and oxygen atoms in total. The number of benzene rings is 2. The second-order valence-electron chi connectivity index (χ2n) is 8.16. The summed E-state index contributed by atoms with van der Waals surface area (Å²) in [5.74, 6) is 0.218. The van der Waals surface area contributed by atoms with Crippen molar-refractivity contribution in [2.45, 2.75) is 19.8 Å². The van der Waals surface area contributed by atoms with Gasteiger partial charge in [-0.2, -0.15) is 0 Å². The number of aromatic nitrogens is 3. The number of hydrogen-bond acceptors (Lipinski definition) is 5. The lowest BCUT2D eigenvalue weighted by atomic mass is 10.0. The largest absolute Gasteiger partial charge is 0.496 e. The smallest absolute Gasteiger partial charge is 0.185 e. The van der Waals surface area contributed by atoms with E-state index in [-0.39, 0.29) is 29.5 Å². The van der Waals surface area contributed by atoms with Crippen molar-refractivity contribution in [1.29, 1.82) is 0 Å². The number of rotatable bonds is 7. The van der Waals surface area contributed by atoms with Gasteiger partial charge in [0.15, 0.2) is 24.0 Å². The van der Waals surface area contributed by atoms with Crippen molar-refractivity contribution in [3.05, 3.63) is 89.6 Å². The lowest BCUT2D eigenvalue weighted by Crippen LogP contribution is -2.27. The molecule has 2 aromatic heterocycles. The first kappa shape index (κ1) is 23.0. The third-order valence-corrected chi connectivity index (χ3v) is 5.53. The van der Waals surface area contributed by atoms with Crippen LogP contribution in [0.4, 0.5) is 10.2 Å². The first-order valence-electron chi connectivity index (χ1n) is 10.9. The first-order valence-corrected chi connectivity index (χ1v) is 10.9. The zero-order valence-electron chi connectivity index (χ0n) is 19.4. The van der Waals surface area contributed by atoms with Crippen LogP contribution in [0.1, 0.15) is 28.0 Å². The molecule has 0 saturated carbocycles. The van der Waals surface area contributed by atoms with Crippen LogP contribution in [0.5, 0.6) is 5.75 Å². The SMILES string of the molecule is COc1ccccc1CCC(=O)c1nc(-c2cc(C)c[n+](C)c2)c(-c2ccc(F)cc2)nc1N. The Labute approximate surface area is 197 Å². The zero-order chi connectivity index (χ0) is 24.2. The van der Waals surface area contributed by atoms with E-state index in [0.717, 1.165) is 22.4 Å². The van der Waals surface area contributed by atoms with E-state index in [2.05, 4.69) is 4.98 Å². The summed E-state index contributed by atoms with van der Waals surface area (Å²) in [5.41, 5.74) is 10.7. The highest BCUT2D eigenvalue weighted by molar-refractivity contribution is 5.99. The van der Waals surface area contributed by atoms with Crippen molar-refractivity contribution in [3.63, 3.8) is 0 Å². The molecule has 4 rings (SSSR count). The number of halogens is 1. The Kier molecular flexibility index (Phi) is 6.63. The lowest BCUT2D eigenvalue weighted by molar-refractivity contribution is -0.671. The van der Waals surface area contributed by atoms with Crippen molar-refractivity contribution < 1.29 is 18.5 Å². The molecule has 172 valence electrons. The van der Waals surface area contributed by atoms with Crippen LogP contribution >= 0.6 is 0 Å². The molecule has 0 radical (unpaired) electrons. The van der Waals surface area contributed by atoms with Gasteiger partial charge in [-0.3, -0.25) is 4.79 Å². The van der Waals surface area contributed by atoms with Crippen molar-refractivity contribution >= 4 is 11.6 Å². The second-order valence-corrected chi connectivity index (χ2v) is 8.16. The predicted molar refractivity (Wildman–Crippen MR) is 129 cm³/mol. The number of carbonyl (C=O) groups excluding carboxylic acids is 1. The quantitative estimate of drug-likeness (QED) is 0.327. The Balaban J connectivity index is 1.76.